The topological polar surface area (TPSA) is 55.4 Å². The molecule has 0 aliphatic heterocycles. The molecule has 0 aliphatic rings. The molecule has 1 amide bonds. The Kier molecular flexibility index (Phi) is 8.11. The van der Waals surface area contributed by atoms with Crippen LogP contribution in [0.1, 0.15) is 44.6 Å². The summed E-state index contributed by atoms with van der Waals surface area (Å²) in [5.74, 6) is -0.281. The average Bonchev–Trinajstić information content (AvgIpc) is 2.46. The maximum atomic E-state index is 11.5. The number of carbonyl (C=O) groups is 2. The van der Waals surface area contributed by atoms with E-state index in [1.165, 1.54) is 0 Å². The van der Waals surface area contributed by atoms with Gasteiger partial charge in [-0.15, -0.1) is 0 Å². The monoisotopic (exact) mass is 277 g/mol. The Balaban J connectivity index is 2.07. The molecule has 4 nitrogen and oxygen atoms in total. The molecule has 0 bridgehead atoms. The second-order valence-corrected chi connectivity index (χ2v) is 4.70. The smallest absolute Gasteiger partial charge is 0.307 e. The number of hydrogen-bond donors (Lipinski definition) is 1. The normalized spacial score (nSPS) is 10.1. The van der Waals surface area contributed by atoms with Gasteiger partial charge in [0.05, 0.1) is 6.42 Å². The van der Waals surface area contributed by atoms with Crippen molar-refractivity contribution >= 4 is 11.9 Å². The molecule has 0 atom stereocenters. The fraction of sp³-hybridized carbons (Fsp3) is 0.500. The highest BCUT2D eigenvalue weighted by atomic mass is 16.5. The highest BCUT2D eigenvalue weighted by Crippen LogP contribution is 2.01. The van der Waals surface area contributed by atoms with Crippen molar-refractivity contribution in [3.05, 3.63) is 35.9 Å². The minimum Gasteiger partial charge on any atom is -0.461 e. The Morgan fingerprint density at radius 2 is 1.85 bits per heavy atom. The minimum atomic E-state index is -0.289. The number of hydrogen-bond acceptors (Lipinski definition) is 3. The minimum absolute atomic E-state index is 0.00862. The van der Waals surface area contributed by atoms with Gasteiger partial charge in [0.15, 0.2) is 0 Å². The van der Waals surface area contributed by atoms with Gasteiger partial charge in [-0.05, 0) is 12.0 Å². The Morgan fingerprint density at radius 1 is 1.10 bits per heavy atom. The summed E-state index contributed by atoms with van der Waals surface area (Å²) in [6.45, 7) is 2.73. The van der Waals surface area contributed by atoms with Crippen LogP contribution >= 0.6 is 0 Å². The molecule has 0 radical (unpaired) electrons. The number of nitrogens with one attached hydrogen (secondary N) is 1. The number of unbranched alkanes of at least 4 members (excludes halogenated alkanes) is 2. The fourth-order valence-electron chi connectivity index (χ4n) is 1.74. The molecule has 1 aromatic rings. The highest BCUT2D eigenvalue weighted by molar-refractivity contribution is 5.76. The van der Waals surface area contributed by atoms with E-state index in [1.807, 2.05) is 30.3 Å². The third kappa shape index (κ3) is 7.56. The summed E-state index contributed by atoms with van der Waals surface area (Å²) in [4.78, 5) is 22.9. The summed E-state index contributed by atoms with van der Waals surface area (Å²) < 4.78 is 5.12. The lowest BCUT2D eigenvalue weighted by Crippen LogP contribution is -2.26. The molecule has 110 valence electrons. The molecule has 20 heavy (non-hydrogen) atoms. The van der Waals surface area contributed by atoms with Crippen LogP contribution in [0.5, 0.6) is 0 Å². The van der Waals surface area contributed by atoms with Crippen LogP contribution in [0.2, 0.25) is 0 Å². The van der Waals surface area contributed by atoms with Crippen LogP contribution in [0.25, 0.3) is 0 Å². The van der Waals surface area contributed by atoms with E-state index in [9.17, 15) is 9.59 Å². The summed E-state index contributed by atoms with van der Waals surface area (Å²) in [5.41, 5.74) is 0.962. The van der Waals surface area contributed by atoms with Crippen LogP contribution < -0.4 is 5.32 Å². The molecular weight excluding hydrogens is 254 g/mol. The van der Waals surface area contributed by atoms with Crippen molar-refractivity contribution in [1.29, 1.82) is 0 Å². The molecule has 1 rings (SSSR count). The lowest BCUT2D eigenvalue weighted by molar-refractivity contribution is -0.144. The summed E-state index contributed by atoms with van der Waals surface area (Å²) >= 11 is 0. The number of carbonyl (C=O) groups excluding carboxylic acids is 2. The van der Waals surface area contributed by atoms with Gasteiger partial charge in [0, 0.05) is 13.0 Å². The first-order valence-corrected chi connectivity index (χ1v) is 7.18. The van der Waals surface area contributed by atoms with Gasteiger partial charge in [-0.2, -0.15) is 0 Å². The first kappa shape index (κ1) is 16.2. The van der Waals surface area contributed by atoms with Crippen molar-refractivity contribution in [1.82, 2.24) is 5.32 Å². The molecule has 0 fully saturated rings. The lowest BCUT2D eigenvalue weighted by Gasteiger charge is -2.06. The average molecular weight is 277 g/mol. The molecule has 0 spiro atoms. The van der Waals surface area contributed by atoms with Crippen LogP contribution in [0.3, 0.4) is 0 Å². The quantitative estimate of drug-likeness (QED) is 0.558. The van der Waals surface area contributed by atoms with Crippen molar-refractivity contribution in [3.8, 4) is 0 Å². The number of benzene rings is 1. The fourth-order valence-corrected chi connectivity index (χ4v) is 1.74. The largest absolute Gasteiger partial charge is 0.461 e. The van der Waals surface area contributed by atoms with Crippen molar-refractivity contribution in [2.45, 2.75) is 45.6 Å². The molecule has 1 N–H and O–H groups in total. The van der Waals surface area contributed by atoms with Gasteiger partial charge in [-0.1, -0.05) is 50.1 Å². The molecule has 0 unspecified atom stereocenters. The molecule has 0 saturated carbocycles. The van der Waals surface area contributed by atoms with Gasteiger partial charge in [0.2, 0.25) is 5.91 Å². The van der Waals surface area contributed by atoms with E-state index in [-0.39, 0.29) is 24.9 Å². The van der Waals surface area contributed by atoms with Gasteiger partial charge < -0.3 is 10.1 Å². The van der Waals surface area contributed by atoms with E-state index in [0.717, 1.165) is 24.8 Å². The van der Waals surface area contributed by atoms with Crippen molar-refractivity contribution in [3.63, 3.8) is 0 Å². The second kappa shape index (κ2) is 10.0. The van der Waals surface area contributed by atoms with Crippen molar-refractivity contribution < 1.29 is 14.3 Å². The summed E-state index contributed by atoms with van der Waals surface area (Å²) in [5, 5.41) is 2.73. The molecule has 1 aromatic carbocycles. The van der Waals surface area contributed by atoms with E-state index >= 15 is 0 Å². The van der Waals surface area contributed by atoms with Gasteiger partial charge >= 0.3 is 5.97 Å². The SMILES string of the molecule is CCCCCC(=O)NCCC(=O)OCc1ccccc1. The zero-order chi connectivity index (χ0) is 14.6. The highest BCUT2D eigenvalue weighted by Gasteiger charge is 2.05. The van der Waals surface area contributed by atoms with Crippen molar-refractivity contribution in [2.24, 2.45) is 0 Å². The predicted octanol–water partition coefficient (Wildman–Crippen LogP) is 2.82. The third-order valence-corrected chi connectivity index (χ3v) is 2.90. The molecule has 4 heteroatoms. The zero-order valence-corrected chi connectivity index (χ0v) is 12.1. The molecule has 0 aliphatic carbocycles. The first-order valence-electron chi connectivity index (χ1n) is 7.18. The Hall–Kier alpha value is -1.84. The standard InChI is InChI=1S/C16H23NO3/c1-2-3-5-10-15(18)17-12-11-16(19)20-13-14-8-6-4-7-9-14/h4,6-9H,2-3,5,10-13H2,1H3,(H,17,18). The summed E-state index contributed by atoms with van der Waals surface area (Å²) in [7, 11) is 0. The van der Waals surface area contributed by atoms with E-state index in [4.69, 9.17) is 4.74 Å². The number of rotatable bonds is 9. The molecule has 0 saturated heterocycles. The van der Waals surface area contributed by atoms with E-state index < -0.39 is 0 Å². The summed E-state index contributed by atoms with van der Waals surface area (Å²) in [6, 6.07) is 9.53. The van der Waals surface area contributed by atoms with Crippen LogP contribution in [-0.2, 0) is 20.9 Å². The van der Waals surface area contributed by atoms with Gasteiger partial charge in [0.1, 0.15) is 6.61 Å². The second-order valence-electron chi connectivity index (χ2n) is 4.70. The molecule has 0 aromatic heterocycles. The van der Waals surface area contributed by atoms with Gasteiger partial charge in [-0.25, -0.2) is 0 Å². The predicted molar refractivity (Wildman–Crippen MR) is 78.0 cm³/mol. The maximum absolute atomic E-state index is 11.5. The number of esters is 1. The Bertz CT molecular complexity index is 403. The zero-order valence-electron chi connectivity index (χ0n) is 12.1. The first-order chi connectivity index (χ1) is 9.72. The van der Waals surface area contributed by atoms with E-state index in [0.29, 0.717) is 13.0 Å². The maximum Gasteiger partial charge on any atom is 0.307 e. The van der Waals surface area contributed by atoms with Crippen LogP contribution in [0.15, 0.2) is 30.3 Å². The van der Waals surface area contributed by atoms with Gasteiger partial charge in [-0.3, -0.25) is 9.59 Å². The third-order valence-electron chi connectivity index (χ3n) is 2.90. The van der Waals surface area contributed by atoms with Crippen LogP contribution in [0, 0.1) is 0 Å². The Labute approximate surface area is 120 Å². The van der Waals surface area contributed by atoms with Crippen molar-refractivity contribution in [2.75, 3.05) is 6.54 Å². The number of amides is 1. The molecule has 0 heterocycles. The van der Waals surface area contributed by atoms with Crippen LogP contribution in [-0.4, -0.2) is 18.4 Å². The summed E-state index contributed by atoms with van der Waals surface area (Å²) in [6.07, 6.45) is 3.81. The van der Waals surface area contributed by atoms with Gasteiger partial charge in [0.25, 0.3) is 0 Å². The lowest BCUT2D eigenvalue weighted by atomic mass is 10.2. The molecular formula is C16H23NO3. The van der Waals surface area contributed by atoms with E-state index in [1.54, 1.807) is 0 Å². The van der Waals surface area contributed by atoms with E-state index in [2.05, 4.69) is 12.2 Å². The number of ether oxygens (including phenoxy) is 1. The van der Waals surface area contributed by atoms with Crippen LogP contribution in [0.4, 0.5) is 0 Å². The Morgan fingerprint density at radius 3 is 2.55 bits per heavy atom.